The monoisotopic (exact) mass is 372 g/mol. The van der Waals surface area contributed by atoms with E-state index in [0.717, 1.165) is 28.4 Å². The van der Waals surface area contributed by atoms with Crippen LogP contribution in [0.4, 0.5) is 10.5 Å². The first-order valence-electron chi connectivity index (χ1n) is 9.14. The molecule has 1 aliphatic heterocycles. The molecule has 0 saturated heterocycles. The third kappa shape index (κ3) is 4.18. The van der Waals surface area contributed by atoms with Crippen LogP contribution in [0, 0.1) is 0 Å². The van der Waals surface area contributed by atoms with Crippen molar-refractivity contribution in [1.29, 1.82) is 0 Å². The molecule has 7 heteroatoms. The highest BCUT2D eigenvalue weighted by Crippen LogP contribution is 2.33. The normalized spacial score (nSPS) is 15.7. The van der Waals surface area contributed by atoms with Gasteiger partial charge in [0.2, 0.25) is 0 Å². The molecule has 0 bridgehead atoms. The summed E-state index contributed by atoms with van der Waals surface area (Å²) in [4.78, 5) is 14.8. The van der Waals surface area contributed by atoms with E-state index < -0.39 is 5.60 Å². The van der Waals surface area contributed by atoms with E-state index in [1.54, 1.807) is 16.7 Å². The maximum absolute atomic E-state index is 13.0. The molecular formula is C20H28N4O3. The van der Waals surface area contributed by atoms with Gasteiger partial charge < -0.3 is 19.7 Å². The summed E-state index contributed by atoms with van der Waals surface area (Å²) in [6, 6.07) is 5.54. The number of anilines is 1. The highest BCUT2D eigenvalue weighted by Gasteiger charge is 2.32. The van der Waals surface area contributed by atoms with Gasteiger partial charge in [0.05, 0.1) is 31.6 Å². The lowest BCUT2D eigenvalue weighted by molar-refractivity contribution is 0.0833. The molecule has 0 aliphatic carbocycles. The topological polar surface area (TPSA) is 68.6 Å². The fourth-order valence-corrected chi connectivity index (χ4v) is 3.30. The summed E-state index contributed by atoms with van der Waals surface area (Å²) < 4.78 is 13.2. The first-order valence-corrected chi connectivity index (χ1v) is 9.14. The summed E-state index contributed by atoms with van der Waals surface area (Å²) in [6.45, 7) is 9.00. The Balaban J connectivity index is 1.86. The number of aryl methyl sites for hydroxylation is 1. The molecule has 1 aromatic carbocycles. The number of rotatable bonds is 3. The molecule has 27 heavy (non-hydrogen) atoms. The van der Waals surface area contributed by atoms with Crippen molar-refractivity contribution in [3.05, 3.63) is 35.7 Å². The summed E-state index contributed by atoms with van der Waals surface area (Å²) >= 11 is 0. The average molecular weight is 372 g/mol. The standard InChI is InChI=1S/C20H28N4O3/c1-13(2)18-16(11-23(5)22-18)21-19(25)24-10-14-7-8-15(26-6)9-17(14)27-20(3,4)12-24/h7-9,11,13H,10,12H2,1-6H3,(H,21,25). The molecule has 0 atom stereocenters. The number of amides is 2. The molecule has 0 unspecified atom stereocenters. The lowest BCUT2D eigenvalue weighted by Crippen LogP contribution is -2.44. The number of urea groups is 1. The van der Waals surface area contributed by atoms with Crippen LogP contribution in [-0.4, -0.2) is 40.0 Å². The van der Waals surface area contributed by atoms with Gasteiger partial charge in [-0.1, -0.05) is 13.8 Å². The van der Waals surface area contributed by atoms with Gasteiger partial charge in [0.15, 0.2) is 0 Å². The van der Waals surface area contributed by atoms with Crippen molar-refractivity contribution in [2.24, 2.45) is 7.05 Å². The quantitative estimate of drug-likeness (QED) is 0.891. The summed E-state index contributed by atoms with van der Waals surface area (Å²) in [6.07, 6.45) is 1.84. The number of ether oxygens (including phenoxy) is 2. The molecule has 146 valence electrons. The van der Waals surface area contributed by atoms with E-state index in [1.165, 1.54) is 0 Å². The number of nitrogens with one attached hydrogen (secondary N) is 1. The van der Waals surface area contributed by atoms with Gasteiger partial charge in [-0.15, -0.1) is 0 Å². The van der Waals surface area contributed by atoms with Crippen LogP contribution in [0.25, 0.3) is 0 Å². The van der Waals surface area contributed by atoms with E-state index >= 15 is 0 Å². The van der Waals surface area contributed by atoms with Crippen LogP contribution < -0.4 is 14.8 Å². The predicted molar refractivity (Wildman–Crippen MR) is 104 cm³/mol. The highest BCUT2D eigenvalue weighted by atomic mass is 16.5. The Bertz CT molecular complexity index is 842. The van der Waals surface area contributed by atoms with Crippen LogP contribution in [0.5, 0.6) is 11.5 Å². The van der Waals surface area contributed by atoms with E-state index in [0.29, 0.717) is 13.1 Å². The predicted octanol–water partition coefficient (Wildman–Crippen LogP) is 3.76. The van der Waals surface area contributed by atoms with Crippen molar-refractivity contribution in [2.45, 2.75) is 45.8 Å². The first-order chi connectivity index (χ1) is 12.7. The number of fused-ring (bicyclic) bond motifs is 1. The van der Waals surface area contributed by atoms with Crippen molar-refractivity contribution in [1.82, 2.24) is 14.7 Å². The van der Waals surface area contributed by atoms with Gasteiger partial charge >= 0.3 is 6.03 Å². The molecule has 1 aromatic heterocycles. The van der Waals surface area contributed by atoms with Crippen molar-refractivity contribution < 1.29 is 14.3 Å². The minimum absolute atomic E-state index is 0.162. The minimum Gasteiger partial charge on any atom is -0.497 e. The second-order valence-electron chi connectivity index (χ2n) is 7.88. The summed E-state index contributed by atoms with van der Waals surface area (Å²) in [5, 5.41) is 7.48. The lowest BCUT2D eigenvalue weighted by atomic mass is 10.1. The smallest absolute Gasteiger partial charge is 0.322 e. The van der Waals surface area contributed by atoms with Crippen LogP contribution in [0.2, 0.25) is 0 Å². The third-order valence-corrected chi connectivity index (χ3v) is 4.53. The van der Waals surface area contributed by atoms with Gasteiger partial charge in [-0.05, 0) is 31.9 Å². The summed E-state index contributed by atoms with van der Waals surface area (Å²) in [5.41, 5.74) is 2.05. The van der Waals surface area contributed by atoms with Crippen LogP contribution >= 0.6 is 0 Å². The van der Waals surface area contributed by atoms with Crippen LogP contribution in [0.1, 0.15) is 44.9 Å². The molecule has 0 spiro atoms. The Morgan fingerprint density at radius 2 is 2.11 bits per heavy atom. The number of aromatic nitrogens is 2. The molecule has 1 aliphatic rings. The van der Waals surface area contributed by atoms with E-state index in [-0.39, 0.29) is 11.9 Å². The van der Waals surface area contributed by atoms with E-state index in [2.05, 4.69) is 24.3 Å². The van der Waals surface area contributed by atoms with Crippen LogP contribution in [0.15, 0.2) is 24.4 Å². The third-order valence-electron chi connectivity index (χ3n) is 4.53. The number of methoxy groups -OCH3 is 1. The number of carbonyl (C=O) groups excluding carboxylic acids is 1. The number of hydrogen-bond donors (Lipinski definition) is 1. The van der Waals surface area contributed by atoms with Gasteiger partial charge in [0, 0.05) is 24.9 Å². The molecule has 0 fully saturated rings. The van der Waals surface area contributed by atoms with Crippen molar-refractivity contribution >= 4 is 11.7 Å². The molecule has 2 heterocycles. The zero-order valence-corrected chi connectivity index (χ0v) is 16.9. The zero-order valence-electron chi connectivity index (χ0n) is 16.9. The van der Waals surface area contributed by atoms with Crippen molar-refractivity contribution in [3.8, 4) is 11.5 Å². The highest BCUT2D eigenvalue weighted by molar-refractivity contribution is 5.90. The largest absolute Gasteiger partial charge is 0.497 e. The second kappa shape index (κ2) is 7.13. The summed E-state index contributed by atoms with van der Waals surface area (Å²) in [7, 11) is 3.48. The summed E-state index contributed by atoms with van der Waals surface area (Å²) in [5.74, 6) is 1.71. The molecule has 1 N–H and O–H groups in total. The molecular weight excluding hydrogens is 344 g/mol. The van der Waals surface area contributed by atoms with Gasteiger partial charge in [0.25, 0.3) is 0 Å². The van der Waals surface area contributed by atoms with Crippen molar-refractivity contribution in [2.75, 3.05) is 19.0 Å². The van der Waals surface area contributed by atoms with E-state index in [9.17, 15) is 4.79 Å². The average Bonchev–Trinajstić information content (AvgIpc) is 2.88. The van der Waals surface area contributed by atoms with Gasteiger partial charge in [-0.2, -0.15) is 5.10 Å². The zero-order chi connectivity index (χ0) is 19.8. The first kappa shape index (κ1) is 19.1. The SMILES string of the molecule is COc1ccc2c(c1)OC(C)(C)CN(C(=O)Nc1cn(C)nc1C(C)C)C2. The number of hydrogen-bond acceptors (Lipinski definition) is 4. The molecule has 0 radical (unpaired) electrons. The van der Waals surface area contributed by atoms with Gasteiger partial charge in [-0.3, -0.25) is 4.68 Å². The van der Waals surface area contributed by atoms with Crippen LogP contribution in [0.3, 0.4) is 0 Å². The molecule has 2 amide bonds. The van der Waals surface area contributed by atoms with Gasteiger partial charge in [-0.25, -0.2) is 4.79 Å². The Hall–Kier alpha value is -2.70. The lowest BCUT2D eigenvalue weighted by Gasteiger charge is -2.29. The van der Waals surface area contributed by atoms with E-state index in [1.807, 2.05) is 45.3 Å². The Labute approximate surface area is 160 Å². The van der Waals surface area contributed by atoms with Gasteiger partial charge in [0.1, 0.15) is 17.1 Å². The molecule has 0 saturated carbocycles. The number of benzene rings is 1. The van der Waals surface area contributed by atoms with Crippen LogP contribution in [-0.2, 0) is 13.6 Å². The maximum Gasteiger partial charge on any atom is 0.322 e. The van der Waals surface area contributed by atoms with E-state index in [4.69, 9.17) is 9.47 Å². The fraction of sp³-hybridized carbons (Fsp3) is 0.500. The fourth-order valence-electron chi connectivity index (χ4n) is 3.30. The molecule has 2 aromatic rings. The number of carbonyl (C=O) groups is 1. The second-order valence-corrected chi connectivity index (χ2v) is 7.88. The number of nitrogens with zero attached hydrogens (tertiary/aromatic N) is 3. The maximum atomic E-state index is 13.0. The molecule has 3 rings (SSSR count). The Morgan fingerprint density at radius 3 is 2.78 bits per heavy atom. The minimum atomic E-state index is -0.523. The molecule has 7 nitrogen and oxygen atoms in total. The Morgan fingerprint density at radius 1 is 1.37 bits per heavy atom. The van der Waals surface area contributed by atoms with Crippen molar-refractivity contribution in [3.63, 3.8) is 0 Å². The Kier molecular flexibility index (Phi) is 5.04.